The van der Waals surface area contributed by atoms with Crippen molar-refractivity contribution < 1.29 is 5.11 Å². The Hall–Kier alpha value is -0.800. The van der Waals surface area contributed by atoms with Gasteiger partial charge in [0, 0.05) is 32.1 Å². The molecule has 0 aliphatic rings. The Morgan fingerprint density at radius 3 is 2.93 bits per heavy atom. The Morgan fingerprint density at radius 1 is 1.47 bits per heavy atom. The van der Waals surface area contributed by atoms with Gasteiger partial charge in [-0.25, -0.2) is 0 Å². The van der Waals surface area contributed by atoms with Crippen molar-refractivity contribution in [1.82, 2.24) is 9.88 Å². The van der Waals surface area contributed by atoms with Crippen molar-refractivity contribution in [3.05, 3.63) is 24.0 Å². The molecule has 15 heavy (non-hydrogen) atoms. The SMILES string of the molecule is CC(C)CNCc1ccn(CCCO)c1. The van der Waals surface area contributed by atoms with Crippen LogP contribution in [0.1, 0.15) is 25.8 Å². The topological polar surface area (TPSA) is 37.2 Å². The van der Waals surface area contributed by atoms with E-state index in [1.54, 1.807) is 0 Å². The van der Waals surface area contributed by atoms with Crippen molar-refractivity contribution in [3.63, 3.8) is 0 Å². The smallest absolute Gasteiger partial charge is 0.0448 e. The molecule has 3 heteroatoms. The summed E-state index contributed by atoms with van der Waals surface area (Å²) in [5.74, 6) is 0.696. The number of nitrogens with zero attached hydrogens (tertiary/aromatic N) is 1. The summed E-state index contributed by atoms with van der Waals surface area (Å²) in [5, 5.41) is 12.1. The van der Waals surface area contributed by atoms with Crippen molar-refractivity contribution in [2.75, 3.05) is 13.2 Å². The fraction of sp³-hybridized carbons (Fsp3) is 0.667. The lowest BCUT2D eigenvalue weighted by atomic mass is 10.2. The third kappa shape index (κ3) is 5.00. The largest absolute Gasteiger partial charge is 0.396 e. The van der Waals surface area contributed by atoms with Gasteiger partial charge in [-0.2, -0.15) is 0 Å². The predicted octanol–water partition coefficient (Wildman–Crippen LogP) is 1.62. The van der Waals surface area contributed by atoms with Gasteiger partial charge in [-0.1, -0.05) is 13.8 Å². The summed E-state index contributed by atoms with van der Waals surface area (Å²) in [6.07, 6.45) is 5.04. The zero-order valence-corrected chi connectivity index (χ0v) is 9.74. The molecular weight excluding hydrogens is 188 g/mol. The van der Waals surface area contributed by atoms with Crippen molar-refractivity contribution in [3.8, 4) is 0 Å². The molecule has 86 valence electrons. The Bertz CT molecular complexity index is 268. The maximum Gasteiger partial charge on any atom is 0.0448 e. The van der Waals surface area contributed by atoms with Crippen LogP contribution in [-0.2, 0) is 13.1 Å². The molecule has 0 saturated carbocycles. The van der Waals surface area contributed by atoms with Gasteiger partial charge < -0.3 is 15.0 Å². The molecule has 0 unspecified atom stereocenters. The van der Waals surface area contributed by atoms with E-state index in [-0.39, 0.29) is 6.61 Å². The van der Waals surface area contributed by atoms with Crippen LogP contribution >= 0.6 is 0 Å². The summed E-state index contributed by atoms with van der Waals surface area (Å²) in [6, 6.07) is 2.13. The van der Waals surface area contributed by atoms with Gasteiger partial charge in [-0.3, -0.25) is 0 Å². The Kier molecular flexibility index (Phi) is 5.43. The molecule has 0 radical (unpaired) electrons. The number of rotatable bonds is 7. The molecule has 0 fully saturated rings. The van der Waals surface area contributed by atoms with Crippen molar-refractivity contribution in [1.29, 1.82) is 0 Å². The van der Waals surface area contributed by atoms with E-state index < -0.39 is 0 Å². The molecular formula is C12H22N2O. The highest BCUT2D eigenvalue weighted by Gasteiger charge is 1.97. The minimum absolute atomic E-state index is 0.263. The number of hydrogen-bond acceptors (Lipinski definition) is 2. The number of aromatic nitrogens is 1. The minimum Gasteiger partial charge on any atom is -0.396 e. The second kappa shape index (κ2) is 6.64. The van der Waals surface area contributed by atoms with E-state index in [0.29, 0.717) is 5.92 Å². The van der Waals surface area contributed by atoms with E-state index in [0.717, 1.165) is 26.1 Å². The summed E-state index contributed by atoms with van der Waals surface area (Å²) in [7, 11) is 0. The fourth-order valence-electron chi connectivity index (χ4n) is 1.49. The second-order valence-electron chi connectivity index (χ2n) is 4.36. The Morgan fingerprint density at radius 2 is 2.27 bits per heavy atom. The van der Waals surface area contributed by atoms with Crippen molar-refractivity contribution >= 4 is 0 Å². The highest BCUT2D eigenvalue weighted by atomic mass is 16.3. The van der Waals surface area contributed by atoms with Gasteiger partial charge in [0.25, 0.3) is 0 Å². The van der Waals surface area contributed by atoms with Crippen LogP contribution in [-0.4, -0.2) is 22.8 Å². The van der Waals surface area contributed by atoms with Gasteiger partial charge in [0.05, 0.1) is 0 Å². The number of aliphatic hydroxyl groups excluding tert-OH is 1. The van der Waals surface area contributed by atoms with Gasteiger partial charge in [-0.05, 0) is 30.5 Å². The van der Waals surface area contributed by atoms with Gasteiger partial charge in [0.1, 0.15) is 0 Å². The molecule has 0 aromatic carbocycles. The van der Waals surface area contributed by atoms with Crippen LogP contribution in [0.5, 0.6) is 0 Å². The monoisotopic (exact) mass is 210 g/mol. The molecule has 0 atom stereocenters. The minimum atomic E-state index is 0.263. The lowest BCUT2D eigenvalue weighted by Crippen LogP contribution is -2.18. The van der Waals surface area contributed by atoms with E-state index in [2.05, 4.69) is 42.2 Å². The molecule has 0 aliphatic heterocycles. The van der Waals surface area contributed by atoms with Gasteiger partial charge in [-0.15, -0.1) is 0 Å². The predicted molar refractivity (Wildman–Crippen MR) is 62.7 cm³/mol. The first-order chi connectivity index (χ1) is 7.22. The Labute approximate surface area is 92.1 Å². The summed E-state index contributed by atoms with van der Waals surface area (Å²) in [4.78, 5) is 0. The molecule has 1 aromatic heterocycles. The molecule has 0 amide bonds. The molecule has 1 aromatic rings. The highest BCUT2D eigenvalue weighted by Crippen LogP contribution is 2.02. The molecule has 3 nitrogen and oxygen atoms in total. The van der Waals surface area contributed by atoms with Gasteiger partial charge in [0.2, 0.25) is 0 Å². The zero-order chi connectivity index (χ0) is 11.1. The lowest BCUT2D eigenvalue weighted by molar-refractivity contribution is 0.280. The first kappa shape index (κ1) is 12.3. The maximum atomic E-state index is 8.71. The molecule has 1 heterocycles. The molecule has 1 rings (SSSR count). The Balaban J connectivity index is 2.26. The molecule has 0 saturated heterocycles. The lowest BCUT2D eigenvalue weighted by Gasteiger charge is -2.05. The number of hydrogen-bond donors (Lipinski definition) is 2. The van der Waals surface area contributed by atoms with E-state index in [1.807, 2.05) is 0 Å². The summed E-state index contributed by atoms with van der Waals surface area (Å²) in [5.41, 5.74) is 1.31. The highest BCUT2D eigenvalue weighted by molar-refractivity contribution is 5.09. The van der Waals surface area contributed by atoms with Crippen molar-refractivity contribution in [2.45, 2.75) is 33.4 Å². The molecule has 0 bridgehead atoms. The number of aryl methyl sites for hydroxylation is 1. The average Bonchev–Trinajstić information content (AvgIpc) is 2.62. The van der Waals surface area contributed by atoms with Crippen LogP contribution in [0, 0.1) is 5.92 Å². The summed E-state index contributed by atoms with van der Waals surface area (Å²) in [6.45, 7) is 7.57. The number of nitrogens with one attached hydrogen (secondary N) is 1. The number of aliphatic hydroxyl groups is 1. The summed E-state index contributed by atoms with van der Waals surface area (Å²) >= 11 is 0. The van der Waals surface area contributed by atoms with E-state index in [1.165, 1.54) is 5.56 Å². The van der Waals surface area contributed by atoms with Gasteiger partial charge >= 0.3 is 0 Å². The van der Waals surface area contributed by atoms with Crippen LogP contribution in [0.15, 0.2) is 18.5 Å². The molecule has 0 spiro atoms. The van der Waals surface area contributed by atoms with Crippen LogP contribution in [0.2, 0.25) is 0 Å². The quantitative estimate of drug-likeness (QED) is 0.717. The van der Waals surface area contributed by atoms with Crippen LogP contribution in [0.25, 0.3) is 0 Å². The molecule has 0 aliphatic carbocycles. The third-order valence-corrected chi connectivity index (χ3v) is 2.27. The summed E-state index contributed by atoms with van der Waals surface area (Å²) < 4.78 is 2.13. The second-order valence-corrected chi connectivity index (χ2v) is 4.36. The first-order valence-electron chi connectivity index (χ1n) is 5.68. The van der Waals surface area contributed by atoms with E-state index in [9.17, 15) is 0 Å². The maximum absolute atomic E-state index is 8.71. The van der Waals surface area contributed by atoms with Gasteiger partial charge in [0.15, 0.2) is 0 Å². The van der Waals surface area contributed by atoms with Crippen LogP contribution < -0.4 is 5.32 Å². The van der Waals surface area contributed by atoms with Crippen LogP contribution in [0.3, 0.4) is 0 Å². The van der Waals surface area contributed by atoms with E-state index in [4.69, 9.17) is 5.11 Å². The zero-order valence-electron chi connectivity index (χ0n) is 9.74. The van der Waals surface area contributed by atoms with Crippen molar-refractivity contribution in [2.24, 2.45) is 5.92 Å². The van der Waals surface area contributed by atoms with E-state index >= 15 is 0 Å². The standard InChI is InChI=1S/C12H22N2O/c1-11(2)8-13-9-12-4-6-14(10-12)5-3-7-15/h4,6,10-11,13,15H,3,5,7-9H2,1-2H3. The third-order valence-electron chi connectivity index (χ3n) is 2.27. The normalized spacial score (nSPS) is 11.2. The first-order valence-corrected chi connectivity index (χ1v) is 5.68. The molecule has 2 N–H and O–H groups in total. The van der Waals surface area contributed by atoms with Crippen LogP contribution in [0.4, 0.5) is 0 Å². The fourth-order valence-corrected chi connectivity index (χ4v) is 1.49. The average molecular weight is 210 g/mol.